The van der Waals surface area contributed by atoms with Crippen LogP contribution in [0.1, 0.15) is 65.5 Å². The summed E-state index contributed by atoms with van der Waals surface area (Å²) >= 11 is 0. The van der Waals surface area contributed by atoms with Gasteiger partial charge in [0.2, 0.25) is 0 Å². The molecule has 1 saturated heterocycles. The van der Waals surface area contributed by atoms with Crippen molar-refractivity contribution in [2.75, 3.05) is 6.61 Å². The molecule has 1 aliphatic rings. The van der Waals surface area contributed by atoms with Gasteiger partial charge >= 0.3 is 23.6 Å². The fraction of sp³-hybridized carbons (Fsp3) is 0.667. The lowest BCUT2D eigenvalue weighted by Crippen LogP contribution is -2.42. The largest absolute Gasteiger partial charge is 0.463 e. The predicted octanol–water partition coefficient (Wildman–Crippen LogP) is 1.91. The highest BCUT2D eigenvalue weighted by Crippen LogP contribution is 2.34. The van der Waals surface area contributed by atoms with Gasteiger partial charge in [-0.2, -0.15) is 0 Å². The fourth-order valence-electron chi connectivity index (χ4n) is 3.18. The second kappa shape index (κ2) is 12.2. The van der Waals surface area contributed by atoms with Crippen molar-refractivity contribution in [3.8, 4) is 0 Å². The first-order valence-electron chi connectivity index (χ1n) is 10.6. The molecule has 0 spiro atoms. The van der Waals surface area contributed by atoms with Gasteiger partial charge < -0.3 is 18.9 Å². The topological polar surface area (TPSA) is 123 Å². The zero-order valence-corrected chi connectivity index (χ0v) is 18.2. The van der Waals surface area contributed by atoms with E-state index >= 15 is 0 Å². The number of hydrogen-bond acceptors (Lipinski definition) is 9. The Balaban J connectivity index is 2.34. The average molecular weight is 438 g/mol. The van der Waals surface area contributed by atoms with Crippen molar-refractivity contribution in [1.29, 1.82) is 0 Å². The molecule has 1 aliphatic heterocycles. The number of ether oxygens (including phenoxy) is 4. The van der Waals surface area contributed by atoms with Crippen LogP contribution in [0.4, 0.5) is 0 Å². The second-order valence-electron chi connectivity index (χ2n) is 7.22. The van der Waals surface area contributed by atoms with Crippen LogP contribution >= 0.6 is 0 Å². The van der Waals surface area contributed by atoms with Crippen molar-refractivity contribution < 1.29 is 33.3 Å². The third-order valence-electron chi connectivity index (χ3n) is 4.60. The minimum atomic E-state index is -1.10. The zero-order chi connectivity index (χ0) is 22.8. The highest BCUT2D eigenvalue weighted by atomic mass is 16.7. The molecule has 1 aromatic rings. The second-order valence-corrected chi connectivity index (χ2v) is 7.22. The maximum atomic E-state index is 12.3. The number of esters is 3. The standard InChI is InChI=1S/C21H30N2O8/c1-4-8-15(24)28-13-14-18(30-16(25)9-5-2)19(31-17(26)10-6-3)20(29-14)23-12-7-11-22-21(23)27/h7,11-12,14,18-20H,4-6,8-10,13H2,1-3H3/t14-,18?,19?,20-/m1/s1. The van der Waals surface area contributed by atoms with Crippen molar-refractivity contribution in [2.24, 2.45) is 0 Å². The molecule has 172 valence electrons. The van der Waals surface area contributed by atoms with Gasteiger partial charge in [-0.25, -0.2) is 9.78 Å². The highest BCUT2D eigenvalue weighted by Gasteiger charge is 2.51. The Labute approximate surface area is 180 Å². The van der Waals surface area contributed by atoms with E-state index in [1.165, 1.54) is 23.0 Å². The van der Waals surface area contributed by atoms with Crippen molar-refractivity contribution in [3.63, 3.8) is 0 Å². The summed E-state index contributed by atoms with van der Waals surface area (Å²) < 4.78 is 23.5. The Morgan fingerprint density at radius 3 is 2.13 bits per heavy atom. The quantitative estimate of drug-likeness (QED) is 0.376. The molecular formula is C21H30N2O8. The van der Waals surface area contributed by atoms with E-state index in [1.807, 2.05) is 20.8 Å². The summed E-state index contributed by atoms with van der Waals surface area (Å²) in [4.78, 5) is 52.4. The van der Waals surface area contributed by atoms with Gasteiger partial charge in [0.1, 0.15) is 12.7 Å². The van der Waals surface area contributed by atoms with E-state index in [0.717, 1.165) is 0 Å². The van der Waals surface area contributed by atoms with Crippen LogP contribution in [0.2, 0.25) is 0 Å². The molecule has 2 heterocycles. The summed E-state index contributed by atoms with van der Waals surface area (Å²) in [5, 5.41) is 0. The third kappa shape index (κ3) is 6.88. The van der Waals surface area contributed by atoms with Gasteiger partial charge in [0.05, 0.1) is 0 Å². The molecule has 31 heavy (non-hydrogen) atoms. The van der Waals surface area contributed by atoms with Crippen LogP contribution in [0.25, 0.3) is 0 Å². The molecule has 0 aliphatic carbocycles. The van der Waals surface area contributed by atoms with Gasteiger partial charge in [-0.1, -0.05) is 20.8 Å². The number of aromatic nitrogens is 2. The monoisotopic (exact) mass is 438 g/mol. The molecule has 10 heteroatoms. The summed E-state index contributed by atoms with van der Waals surface area (Å²) in [6.07, 6.45) is 0.889. The molecule has 4 atom stereocenters. The molecule has 0 saturated carbocycles. The Bertz CT molecular complexity index is 809. The zero-order valence-electron chi connectivity index (χ0n) is 18.2. The average Bonchev–Trinajstić information content (AvgIpc) is 3.04. The first-order chi connectivity index (χ1) is 14.9. The number of carbonyl (C=O) groups excluding carboxylic acids is 3. The fourth-order valence-corrected chi connectivity index (χ4v) is 3.18. The molecule has 0 bridgehead atoms. The molecule has 10 nitrogen and oxygen atoms in total. The molecule has 2 rings (SSSR count). The van der Waals surface area contributed by atoms with Crippen LogP contribution in [0.3, 0.4) is 0 Å². The van der Waals surface area contributed by atoms with Crippen LogP contribution in [0, 0.1) is 0 Å². The van der Waals surface area contributed by atoms with Crippen LogP contribution < -0.4 is 5.69 Å². The molecule has 0 N–H and O–H groups in total. The highest BCUT2D eigenvalue weighted by molar-refractivity contribution is 5.71. The Hall–Kier alpha value is -2.75. The molecule has 2 unspecified atom stereocenters. The van der Waals surface area contributed by atoms with Crippen LogP contribution in [-0.2, 0) is 33.3 Å². The van der Waals surface area contributed by atoms with E-state index in [2.05, 4.69) is 4.98 Å². The minimum Gasteiger partial charge on any atom is -0.463 e. The smallest absolute Gasteiger partial charge is 0.349 e. The number of nitrogens with zero attached hydrogens (tertiary/aromatic N) is 2. The number of hydrogen-bond donors (Lipinski definition) is 0. The van der Waals surface area contributed by atoms with Gasteiger partial charge in [-0.3, -0.25) is 19.0 Å². The van der Waals surface area contributed by atoms with E-state index < -0.39 is 48.1 Å². The van der Waals surface area contributed by atoms with Crippen molar-refractivity contribution in [2.45, 2.75) is 83.8 Å². The summed E-state index contributed by atoms with van der Waals surface area (Å²) in [5.74, 6) is -1.44. The summed E-state index contributed by atoms with van der Waals surface area (Å²) in [5.41, 5.74) is -0.619. The van der Waals surface area contributed by atoms with Gasteiger partial charge in [-0.05, 0) is 25.3 Å². The van der Waals surface area contributed by atoms with E-state index in [4.69, 9.17) is 18.9 Å². The number of rotatable bonds is 11. The van der Waals surface area contributed by atoms with E-state index in [0.29, 0.717) is 19.3 Å². The Kier molecular flexibility index (Phi) is 9.64. The van der Waals surface area contributed by atoms with Gasteiger partial charge in [0.25, 0.3) is 0 Å². The van der Waals surface area contributed by atoms with Crippen molar-refractivity contribution in [3.05, 3.63) is 28.9 Å². The molecule has 1 aromatic heterocycles. The van der Waals surface area contributed by atoms with Crippen molar-refractivity contribution >= 4 is 17.9 Å². The summed E-state index contributed by atoms with van der Waals surface area (Å²) in [6, 6.07) is 1.53. The number of carbonyl (C=O) groups is 3. The van der Waals surface area contributed by atoms with E-state index in [9.17, 15) is 19.2 Å². The van der Waals surface area contributed by atoms with Gasteiger partial charge in [-0.15, -0.1) is 0 Å². The van der Waals surface area contributed by atoms with Gasteiger partial charge in [0, 0.05) is 31.7 Å². The lowest BCUT2D eigenvalue weighted by atomic mass is 10.1. The van der Waals surface area contributed by atoms with E-state index in [-0.39, 0.29) is 25.9 Å². The van der Waals surface area contributed by atoms with Crippen LogP contribution in [0.15, 0.2) is 23.3 Å². The Morgan fingerprint density at radius 1 is 0.968 bits per heavy atom. The Morgan fingerprint density at radius 2 is 1.55 bits per heavy atom. The first kappa shape index (κ1) is 24.5. The third-order valence-corrected chi connectivity index (χ3v) is 4.60. The first-order valence-corrected chi connectivity index (χ1v) is 10.6. The molecule has 0 aromatic carbocycles. The minimum absolute atomic E-state index is 0.150. The summed E-state index contributed by atoms with van der Waals surface area (Å²) in [6.45, 7) is 5.28. The maximum absolute atomic E-state index is 12.3. The predicted molar refractivity (Wildman–Crippen MR) is 108 cm³/mol. The SMILES string of the molecule is CCCC(=O)OC[C@H]1O[C@@H](n2cccnc2=O)C(OC(=O)CCC)C1OC(=O)CCC. The van der Waals surface area contributed by atoms with E-state index in [1.54, 1.807) is 0 Å². The normalized spacial score (nSPS) is 22.7. The molecule has 1 fully saturated rings. The van der Waals surface area contributed by atoms with Crippen LogP contribution in [0.5, 0.6) is 0 Å². The molecular weight excluding hydrogens is 408 g/mol. The maximum Gasteiger partial charge on any atom is 0.349 e. The molecule has 0 amide bonds. The lowest BCUT2D eigenvalue weighted by Gasteiger charge is -2.24. The summed E-state index contributed by atoms with van der Waals surface area (Å²) in [7, 11) is 0. The molecule has 0 radical (unpaired) electrons. The lowest BCUT2D eigenvalue weighted by molar-refractivity contribution is -0.169. The van der Waals surface area contributed by atoms with Crippen molar-refractivity contribution in [1.82, 2.24) is 9.55 Å². The van der Waals surface area contributed by atoms with Crippen LogP contribution in [-0.4, -0.2) is 52.4 Å². The van der Waals surface area contributed by atoms with Gasteiger partial charge in [0.15, 0.2) is 18.4 Å².